The molecule has 148 valence electrons. The molecule has 0 radical (unpaired) electrons. The van der Waals surface area contributed by atoms with Gasteiger partial charge in [-0.3, -0.25) is 15.1 Å². The van der Waals surface area contributed by atoms with E-state index in [2.05, 4.69) is 26.1 Å². The molecular formula is C20H23F2N5O. The SMILES string of the molecule is Cc1ccc(NC(=O)CN2CCC3NNC(c4ccc(F)c(F)c4)C3C2)nc1. The maximum absolute atomic E-state index is 13.6. The van der Waals surface area contributed by atoms with E-state index in [1.54, 1.807) is 18.3 Å². The molecule has 2 aliphatic rings. The Morgan fingerprint density at radius 2 is 2.11 bits per heavy atom. The highest BCUT2D eigenvalue weighted by molar-refractivity contribution is 5.91. The second kappa shape index (κ2) is 7.90. The van der Waals surface area contributed by atoms with Gasteiger partial charge in [0, 0.05) is 31.2 Å². The van der Waals surface area contributed by atoms with Gasteiger partial charge in [-0.2, -0.15) is 0 Å². The highest BCUT2D eigenvalue weighted by atomic mass is 19.2. The third kappa shape index (κ3) is 4.04. The van der Waals surface area contributed by atoms with E-state index in [1.165, 1.54) is 6.07 Å². The molecule has 0 aliphatic carbocycles. The van der Waals surface area contributed by atoms with Crippen LogP contribution in [0.4, 0.5) is 14.6 Å². The van der Waals surface area contributed by atoms with Crippen LogP contribution in [-0.4, -0.2) is 41.5 Å². The highest BCUT2D eigenvalue weighted by Gasteiger charge is 2.40. The first kappa shape index (κ1) is 18.9. The summed E-state index contributed by atoms with van der Waals surface area (Å²) in [6.45, 7) is 3.68. The number of carbonyl (C=O) groups is 1. The first-order chi connectivity index (χ1) is 13.5. The summed E-state index contributed by atoms with van der Waals surface area (Å²) in [6.07, 6.45) is 2.58. The molecule has 0 spiro atoms. The van der Waals surface area contributed by atoms with Crippen molar-refractivity contribution < 1.29 is 13.6 Å². The Bertz CT molecular complexity index is 860. The third-order valence-corrected chi connectivity index (χ3v) is 5.44. The Morgan fingerprint density at radius 3 is 2.86 bits per heavy atom. The molecule has 3 heterocycles. The summed E-state index contributed by atoms with van der Waals surface area (Å²) in [6, 6.07) is 7.78. The van der Waals surface area contributed by atoms with Gasteiger partial charge in [0.25, 0.3) is 0 Å². The van der Waals surface area contributed by atoms with Gasteiger partial charge in [0.05, 0.1) is 12.6 Å². The molecule has 3 N–H and O–H groups in total. The molecule has 4 rings (SSSR count). The highest BCUT2D eigenvalue weighted by Crippen LogP contribution is 2.34. The molecular weight excluding hydrogens is 364 g/mol. The lowest BCUT2D eigenvalue weighted by atomic mass is 9.85. The van der Waals surface area contributed by atoms with E-state index in [-0.39, 0.29) is 30.5 Å². The molecule has 1 aromatic heterocycles. The number of fused-ring (bicyclic) bond motifs is 1. The van der Waals surface area contributed by atoms with Crippen LogP contribution in [0.5, 0.6) is 0 Å². The van der Waals surface area contributed by atoms with Gasteiger partial charge in [-0.1, -0.05) is 12.1 Å². The summed E-state index contributed by atoms with van der Waals surface area (Å²) < 4.78 is 26.9. The number of aromatic nitrogens is 1. The van der Waals surface area contributed by atoms with E-state index < -0.39 is 11.6 Å². The van der Waals surface area contributed by atoms with Crippen LogP contribution in [-0.2, 0) is 4.79 Å². The van der Waals surface area contributed by atoms with Gasteiger partial charge in [-0.25, -0.2) is 19.2 Å². The molecule has 0 saturated carbocycles. The van der Waals surface area contributed by atoms with Crippen LogP contribution >= 0.6 is 0 Å². The molecule has 6 nitrogen and oxygen atoms in total. The maximum atomic E-state index is 13.6. The number of halogens is 2. The molecule has 1 aromatic carbocycles. The van der Waals surface area contributed by atoms with E-state index >= 15 is 0 Å². The maximum Gasteiger partial charge on any atom is 0.239 e. The van der Waals surface area contributed by atoms with Gasteiger partial charge >= 0.3 is 0 Å². The zero-order valence-corrected chi connectivity index (χ0v) is 15.6. The van der Waals surface area contributed by atoms with Crippen LogP contribution in [0.15, 0.2) is 36.5 Å². The molecule has 2 aromatic rings. The fourth-order valence-corrected chi connectivity index (χ4v) is 3.98. The molecule has 28 heavy (non-hydrogen) atoms. The van der Waals surface area contributed by atoms with Crippen LogP contribution in [0.25, 0.3) is 0 Å². The summed E-state index contributed by atoms with van der Waals surface area (Å²) in [7, 11) is 0. The Balaban J connectivity index is 1.39. The molecule has 2 fully saturated rings. The number of amides is 1. The Kier molecular flexibility index (Phi) is 5.34. The smallest absolute Gasteiger partial charge is 0.239 e. The number of carbonyl (C=O) groups excluding carboxylic acids is 1. The quantitative estimate of drug-likeness (QED) is 0.750. The van der Waals surface area contributed by atoms with Crippen molar-refractivity contribution in [3.05, 3.63) is 59.3 Å². The number of likely N-dealkylation sites (tertiary alicyclic amines) is 1. The van der Waals surface area contributed by atoms with Gasteiger partial charge in [0.15, 0.2) is 11.6 Å². The van der Waals surface area contributed by atoms with Crippen LogP contribution in [0.3, 0.4) is 0 Å². The topological polar surface area (TPSA) is 69.3 Å². The largest absolute Gasteiger partial charge is 0.310 e. The molecule has 2 saturated heterocycles. The predicted octanol–water partition coefficient (Wildman–Crippen LogP) is 2.15. The number of nitrogens with one attached hydrogen (secondary N) is 3. The zero-order chi connectivity index (χ0) is 19.7. The fraction of sp³-hybridized carbons (Fsp3) is 0.400. The second-order valence-electron chi connectivity index (χ2n) is 7.50. The summed E-state index contributed by atoms with van der Waals surface area (Å²) in [5.74, 6) is -1.12. The van der Waals surface area contributed by atoms with Crippen LogP contribution in [0.1, 0.15) is 23.6 Å². The standard InChI is InChI=1S/C20H23F2N5O/c1-12-2-5-18(23-9-12)24-19(28)11-27-7-6-17-14(10-27)20(26-25-17)13-3-4-15(21)16(22)8-13/h2-5,8-9,14,17,20,25-26H,6-7,10-11H2,1H3,(H,23,24,28). The van der Waals surface area contributed by atoms with Crippen molar-refractivity contribution in [1.82, 2.24) is 20.7 Å². The van der Waals surface area contributed by atoms with Crippen molar-refractivity contribution in [2.45, 2.75) is 25.4 Å². The average Bonchev–Trinajstić information content (AvgIpc) is 3.09. The van der Waals surface area contributed by atoms with Crippen molar-refractivity contribution in [1.29, 1.82) is 0 Å². The fourth-order valence-electron chi connectivity index (χ4n) is 3.98. The number of nitrogens with zero attached hydrogens (tertiary/aromatic N) is 2. The minimum absolute atomic E-state index is 0.113. The molecule has 1 amide bonds. The van der Waals surface area contributed by atoms with E-state index in [4.69, 9.17) is 0 Å². The predicted molar refractivity (Wildman–Crippen MR) is 101 cm³/mol. The summed E-state index contributed by atoms with van der Waals surface area (Å²) in [4.78, 5) is 18.7. The van der Waals surface area contributed by atoms with E-state index in [9.17, 15) is 13.6 Å². The summed E-state index contributed by atoms with van der Waals surface area (Å²) in [5, 5.41) is 2.82. The minimum atomic E-state index is -0.849. The molecule has 2 aliphatic heterocycles. The number of piperidine rings is 1. The number of benzene rings is 1. The second-order valence-corrected chi connectivity index (χ2v) is 7.50. The lowest BCUT2D eigenvalue weighted by Crippen LogP contribution is -2.47. The third-order valence-electron chi connectivity index (χ3n) is 5.44. The number of aryl methyl sites for hydroxylation is 1. The molecule has 0 bridgehead atoms. The number of anilines is 1. The lowest BCUT2D eigenvalue weighted by molar-refractivity contribution is -0.117. The summed E-state index contributed by atoms with van der Waals surface area (Å²) >= 11 is 0. The van der Waals surface area contributed by atoms with E-state index in [1.807, 2.05) is 13.0 Å². The van der Waals surface area contributed by atoms with E-state index in [0.717, 1.165) is 24.6 Å². The van der Waals surface area contributed by atoms with Gasteiger partial charge in [-0.05, 0) is 42.7 Å². The van der Waals surface area contributed by atoms with Crippen molar-refractivity contribution >= 4 is 11.7 Å². The monoisotopic (exact) mass is 387 g/mol. The van der Waals surface area contributed by atoms with Crippen LogP contribution < -0.4 is 16.2 Å². The number of hydrogen-bond acceptors (Lipinski definition) is 5. The summed E-state index contributed by atoms with van der Waals surface area (Å²) in [5.41, 5.74) is 8.20. The molecule has 8 heteroatoms. The normalized spacial score (nSPS) is 24.8. The molecule has 3 atom stereocenters. The average molecular weight is 387 g/mol. The van der Waals surface area contributed by atoms with Crippen molar-refractivity contribution in [2.75, 3.05) is 25.0 Å². The Hall–Kier alpha value is -2.42. The number of hydrazine groups is 1. The van der Waals surface area contributed by atoms with Gasteiger partial charge in [0.2, 0.25) is 5.91 Å². The Morgan fingerprint density at radius 1 is 1.25 bits per heavy atom. The van der Waals surface area contributed by atoms with Gasteiger partial charge in [-0.15, -0.1) is 0 Å². The molecule has 3 unspecified atom stereocenters. The number of pyridine rings is 1. The first-order valence-electron chi connectivity index (χ1n) is 9.40. The first-order valence-corrected chi connectivity index (χ1v) is 9.40. The van der Waals surface area contributed by atoms with Crippen molar-refractivity contribution in [2.24, 2.45) is 5.92 Å². The van der Waals surface area contributed by atoms with Crippen molar-refractivity contribution in [3.63, 3.8) is 0 Å². The lowest BCUT2D eigenvalue weighted by Gasteiger charge is -2.35. The minimum Gasteiger partial charge on any atom is -0.310 e. The zero-order valence-electron chi connectivity index (χ0n) is 15.6. The van der Waals surface area contributed by atoms with Crippen LogP contribution in [0.2, 0.25) is 0 Å². The van der Waals surface area contributed by atoms with Crippen LogP contribution in [0, 0.1) is 24.5 Å². The number of rotatable bonds is 4. The van der Waals surface area contributed by atoms with Gasteiger partial charge < -0.3 is 5.32 Å². The van der Waals surface area contributed by atoms with Crippen molar-refractivity contribution in [3.8, 4) is 0 Å². The van der Waals surface area contributed by atoms with Gasteiger partial charge in [0.1, 0.15) is 5.82 Å². The van der Waals surface area contributed by atoms with E-state index in [0.29, 0.717) is 17.9 Å². The number of hydrogen-bond donors (Lipinski definition) is 3. The Labute approximate surface area is 162 Å².